The smallest absolute Gasteiger partial charge is 0.293 e. The molecule has 0 spiro atoms. The molecule has 3 rings (SSSR count). The van der Waals surface area contributed by atoms with Gasteiger partial charge >= 0.3 is 0 Å². The van der Waals surface area contributed by atoms with E-state index in [1.54, 1.807) is 42.5 Å². The molecule has 0 aliphatic carbocycles. The van der Waals surface area contributed by atoms with Crippen LogP contribution in [0.25, 0.3) is 6.08 Å². The molecule has 1 N–H and O–H groups in total. The zero-order valence-corrected chi connectivity index (χ0v) is 13.5. The number of carbonyl (C=O) groups excluding carboxylic acids is 2. The average molecular weight is 346 g/mol. The van der Waals surface area contributed by atoms with Crippen molar-refractivity contribution in [2.24, 2.45) is 0 Å². The highest BCUT2D eigenvalue weighted by Crippen LogP contribution is 2.34. The minimum atomic E-state index is -0.363. The third-order valence-electron chi connectivity index (χ3n) is 3.35. The minimum Gasteiger partial charge on any atom is -0.507 e. The van der Waals surface area contributed by atoms with Gasteiger partial charge in [0, 0.05) is 10.6 Å². The topological polar surface area (TPSA) is 57.6 Å². The normalized spacial score (nSPS) is 16.4. The summed E-state index contributed by atoms with van der Waals surface area (Å²) in [6.45, 7) is 0.194. The Morgan fingerprint density at radius 3 is 2.48 bits per heavy atom. The van der Waals surface area contributed by atoms with Gasteiger partial charge in [-0.25, -0.2) is 0 Å². The van der Waals surface area contributed by atoms with Gasteiger partial charge in [-0.05, 0) is 41.6 Å². The van der Waals surface area contributed by atoms with Crippen LogP contribution < -0.4 is 0 Å². The van der Waals surface area contributed by atoms with Crippen LogP contribution in [0.15, 0.2) is 53.4 Å². The summed E-state index contributed by atoms with van der Waals surface area (Å²) in [5, 5.41) is 10.0. The molecule has 4 nitrogen and oxygen atoms in total. The summed E-state index contributed by atoms with van der Waals surface area (Å²) in [6.07, 6.45) is 1.53. The van der Waals surface area contributed by atoms with Crippen molar-refractivity contribution in [1.82, 2.24) is 4.90 Å². The zero-order chi connectivity index (χ0) is 16.4. The number of thioether (sulfide) groups is 1. The number of hydrogen-bond acceptors (Lipinski definition) is 4. The Hall–Kier alpha value is -2.24. The van der Waals surface area contributed by atoms with Gasteiger partial charge in [-0.15, -0.1) is 0 Å². The molecule has 0 bridgehead atoms. The van der Waals surface area contributed by atoms with Gasteiger partial charge < -0.3 is 5.11 Å². The van der Waals surface area contributed by atoms with Gasteiger partial charge in [-0.1, -0.05) is 41.9 Å². The molecule has 2 aromatic carbocycles. The maximum atomic E-state index is 12.4. The molecule has 2 aromatic rings. The first-order valence-corrected chi connectivity index (χ1v) is 8.02. The van der Waals surface area contributed by atoms with E-state index in [2.05, 4.69) is 0 Å². The van der Waals surface area contributed by atoms with Crippen LogP contribution >= 0.6 is 23.4 Å². The second-order valence-corrected chi connectivity index (χ2v) is 6.38. The van der Waals surface area contributed by atoms with E-state index < -0.39 is 0 Å². The molecule has 0 saturated carbocycles. The van der Waals surface area contributed by atoms with Gasteiger partial charge in [0.15, 0.2) is 0 Å². The van der Waals surface area contributed by atoms with Crippen LogP contribution in [-0.2, 0) is 11.3 Å². The molecule has 6 heteroatoms. The predicted octanol–water partition coefficient (Wildman–Crippen LogP) is 4.28. The lowest BCUT2D eigenvalue weighted by Crippen LogP contribution is -2.27. The van der Waals surface area contributed by atoms with Gasteiger partial charge in [0.2, 0.25) is 0 Å². The maximum Gasteiger partial charge on any atom is 0.293 e. The minimum absolute atomic E-state index is 0.0667. The Morgan fingerprint density at radius 2 is 1.78 bits per heavy atom. The number of phenols is 1. The Morgan fingerprint density at radius 1 is 1.09 bits per heavy atom. The number of carbonyl (C=O) groups is 2. The van der Waals surface area contributed by atoms with Crippen molar-refractivity contribution in [3.63, 3.8) is 0 Å². The number of benzene rings is 2. The molecule has 0 aromatic heterocycles. The third kappa shape index (κ3) is 3.41. The van der Waals surface area contributed by atoms with E-state index in [0.29, 0.717) is 15.5 Å². The molecule has 2 amide bonds. The highest BCUT2D eigenvalue weighted by atomic mass is 35.5. The number of para-hydroxylation sites is 1. The number of nitrogens with zero attached hydrogens (tertiary/aromatic N) is 1. The summed E-state index contributed by atoms with van der Waals surface area (Å²) in [5.74, 6) is -0.296. The van der Waals surface area contributed by atoms with Crippen molar-refractivity contribution >= 4 is 40.6 Å². The molecule has 1 saturated heterocycles. The Kier molecular flexibility index (Phi) is 4.41. The first-order chi connectivity index (χ1) is 11.0. The lowest BCUT2D eigenvalue weighted by Gasteiger charge is -2.12. The summed E-state index contributed by atoms with van der Waals surface area (Å²) in [6, 6.07) is 13.6. The number of amides is 2. The van der Waals surface area contributed by atoms with E-state index in [1.807, 2.05) is 0 Å². The Labute approximate surface area is 142 Å². The van der Waals surface area contributed by atoms with Gasteiger partial charge in [0.05, 0.1) is 11.4 Å². The summed E-state index contributed by atoms with van der Waals surface area (Å²) < 4.78 is 0. The van der Waals surface area contributed by atoms with Crippen LogP contribution in [0.2, 0.25) is 5.02 Å². The van der Waals surface area contributed by atoms with Crippen LogP contribution in [-0.4, -0.2) is 21.2 Å². The number of rotatable bonds is 3. The molecular weight excluding hydrogens is 334 g/mol. The molecule has 0 unspecified atom stereocenters. The van der Waals surface area contributed by atoms with Crippen molar-refractivity contribution in [2.45, 2.75) is 6.54 Å². The second-order valence-electron chi connectivity index (χ2n) is 4.95. The first-order valence-electron chi connectivity index (χ1n) is 6.82. The largest absolute Gasteiger partial charge is 0.507 e. The number of hydrogen-bond donors (Lipinski definition) is 1. The summed E-state index contributed by atoms with van der Waals surface area (Å²) in [4.78, 5) is 26.0. The Bertz CT molecular complexity index is 802. The van der Waals surface area contributed by atoms with Crippen molar-refractivity contribution in [2.75, 3.05) is 0 Å². The summed E-state index contributed by atoms with van der Waals surface area (Å²) >= 11 is 6.70. The number of halogens is 1. The van der Waals surface area contributed by atoms with E-state index in [0.717, 1.165) is 17.3 Å². The first kappa shape index (κ1) is 15.6. The van der Waals surface area contributed by atoms with Gasteiger partial charge in [0.1, 0.15) is 5.75 Å². The molecule has 0 radical (unpaired) electrons. The van der Waals surface area contributed by atoms with E-state index in [1.165, 1.54) is 17.0 Å². The molecule has 23 heavy (non-hydrogen) atoms. The fourth-order valence-corrected chi connectivity index (χ4v) is 3.11. The lowest BCUT2D eigenvalue weighted by atomic mass is 10.2. The van der Waals surface area contributed by atoms with Crippen molar-refractivity contribution in [3.8, 4) is 5.75 Å². The van der Waals surface area contributed by atoms with Crippen LogP contribution in [0.1, 0.15) is 11.1 Å². The van der Waals surface area contributed by atoms with E-state index in [9.17, 15) is 14.7 Å². The molecule has 1 fully saturated rings. The number of imide groups is 1. The molecular formula is C17H12ClNO3S. The van der Waals surface area contributed by atoms with Crippen LogP contribution in [0.5, 0.6) is 5.75 Å². The molecule has 0 atom stereocenters. The van der Waals surface area contributed by atoms with E-state index >= 15 is 0 Å². The summed E-state index contributed by atoms with van der Waals surface area (Å²) in [5.41, 5.74) is 1.32. The SMILES string of the molecule is O=C1S/C(=C\c2ccccc2O)C(=O)N1Cc1ccc(Cl)cc1. The van der Waals surface area contributed by atoms with Crippen molar-refractivity contribution < 1.29 is 14.7 Å². The monoisotopic (exact) mass is 345 g/mol. The zero-order valence-electron chi connectivity index (χ0n) is 11.9. The second kappa shape index (κ2) is 6.48. The average Bonchev–Trinajstić information content (AvgIpc) is 2.79. The summed E-state index contributed by atoms with van der Waals surface area (Å²) in [7, 11) is 0. The highest BCUT2D eigenvalue weighted by Gasteiger charge is 2.35. The van der Waals surface area contributed by atoms with Crippen LogP contribution in [0, 0.1) is 0 Å². The van der Waals surface area contributed by atoms with Crippen LogP contribution in [0.3, 0.4) is 0 Å². The van der Waals surface area contributed by atoms with Gasteiger partial charge in [0.25, 0.3) is 11.1 Å². The predicted molar refractivity (Wildman–Crippen MR) is 91.1 cm³/mol. The maximum absolute atomic E-state index is 12.4. The lowest BCUT2D eigenvalue weighted by molar-refractivity contribution is -0.123. The van der Waals surface area contributed by atoms with E-state index in [-0.39, 0.29) is 23.4 Å². The standard InChI is InChI=1S/C17H12ClNO3S/c18-13-7-5-11(6-8-13)10-19-16(21)15(23-17(19)22)9-12-3-1-2-4-14(12)20/h1-9,20H,10H2/b15-9-. The van der Waals surface area contributed by atoms with Gasteiger partial charge in [-0.2, -0.15) is 0 Å². The quantitative estimate of drug-likeness (QED) is 0.843. The van der Waals surface area contributed by atoms with Gasteiger partial charge in [-0.3, -0.25) is 14.5 Å². The molecule has 1 aliphatic rings. The number of aromatic hydroxyl groups is 1. The fourth-order valence-electron chi connectivity index (χ4n) is 2.16. The van der Waals surface area contributed by atoms with Crippen LogP contribution in [0.4, 0.5) is 4.79 Å². The molecule has 116 valence electrons. The van der Waals surface area contributed by atoms with E-state index in [4.69, 9.17) is 11.6 Å². The van der Waals surface area contributed by atoms with Crippen molar-refractivity contribution in [1.29, 1.82) is 0 Å². The third-order valence-corrected chi connectivity index (χ3v) is 4.51. The van der Waals surface area contributed by atoms with Crippen molar-refractivity contribution in [3.05, 3.63) is 69.6 Å². The highest BCUT2D eigenvalue weighted by molar-refractivity contribution is 8.18. The molecule has 1 aliphatic heterocycles. The molecule has 1 heterocycles. The number of phenolic OH excluding ortho intramolecular Hbond substituents is 1. The Balaban J connectivity index is 1.82. The fraction of sp³-hybridized carbons (Fsp3) is 0.0588.